The van der Waals surface area contributed by atoms with Crippen LogP contribution in [0.2, 0.25) is 0 Å². The summed E-state index contributed by atoms with van der Waals surface area (Å²) in [6.45, 7) is 0. The molecule has 0 N–H and O–H groups in total. The minimum Gasteiger partial charge on any atom is -0.437 e. The molecular formula is C14H11N3O3. The third-order valence-corrected chi connectivity index (χ3v) is 2.97. The zero-order valence-electron chi connectivity index (χ0n) is 10.7. The molecule has 0 spiro atoms. The van der Waals surface area contributed by atoms with Crippen LogP contribution in [0, 0.1) is 10.1 Å². The van der Waals surface area contributed by atoms with Gasteiger partial charge in [-0.05, 0) is 18.2 Å². The Hall–Kier alpha value is -2.89. The van der Waals surface area contributed by atoms with Crippen molar-refractivity contribution in [2.45, 2.75) is 0 Å². The number of ether oxygens (including phenoxy) is 1. The summed E-state index contributed by atoms with van der Waals surface area (Å²) in [4.78, 5) is 10.4. The molecule has 6 heteroatoms. The van der Waals surface area contributed by atoms with Crippen molar-refractivity contribution < 1.29 is 9.66 Å². The number of hydrogen-bond donors (Lipinski definition) is 0. The van der Waals surface area contributed by atoms with Gasteiger partial charge in [-0.15, -0.1) is 5.10 Å². The van der Waals surface area contributed by atoms with Crippen LogP contribution in [-0.4, -0.2) is 14.7 Å². The molecule has 0 atom stereocenters. The van der Waals surface area contributed by atoms with Crippen molar-refractivity contribution >= 4 is 16.6 Å². The first-order valence-electron chi connectivity index (χ1n) is 5.99. The molecule has 6 nitrogen and oxygen atoms in total. The van der Waals surface area contributed by atoms with Crippen LogP contribution >= 0.6 is 0 Å². The van der Waals surface area contributed by atoms with E-state index in [-0.39, 0.29) is 5.69 Å². The quantitative estimate of drug-likeness (QED) is 0.540. The number of rotatable bonds is 3. The van der Waals surface area contributed by atoms with Crippen molar-refractivity contribution in [3.8, 4) is 11.6 Å². The lowest BCUT2D eigenvalue weighted by atomic mass is 10.2. The molecule has 0 aliphatic carbocycles. The van der Waals surface area contributed by atoms with Crippen LogP contribution < -0.4 is 4.74 Å². The van der Waals surface area contributed by atoms with Crippen molar-refractivity contribution in [1.82, 2.24) is 9.78 Å². The predicted molar refractivity (Wildman–Crippen MR) is 73.9 cm³/mol. The zero-order chi connectivity index (χ0) is 14.1. The molecule has 0 radical (unpaired) electrons. The van der Waals surface area contributed by atoms with Crippen LogP contribution in [0.25, 0.3) is 10.9 Å². The number of benzene rings is 2. The molecular weight excluding hydrogens is 258 g/mol. The highest BCUT2D eigenvalue weighted by Gasteiger charge is 2.15. The number of nitrogens with zero attached hydrogens (tertiary/aromatic N) is 3. The monoisotopic (exact) mass is 269 g/mol. The average Bonchev–Trinajstić information content (AvgIpc) is 2.76. The van der Waals surface area contributed by atoms with E-state index in [2.05, 4.69) is 5.10 Å². The molecule has 0 bridgehead atoms. The lowest BCUT2D eigenvalue weighted by Gasteiger charge is -2.01. The van der Waals surface area contributed by atoms with Gasteiger partial charge in [0.15, 0.2) is 0 Å². The van der Waals surface area contributed by atoms with Gasteiger partial charge in [-0.3, -0.25) is 14.8 Å². The molecule has 0 fully saturated rings. The van der Waals surface area contributed by atoms with Crippen LogP contribution in [0.5, 0.6) is 11.6 Å². The highest BCUT2D eigenvalue weighted by Crippen LogP contribution is 2.31. The highest BCUT2D eigenvalue weighted by molar-refractivity contribution is 5.86. The predicted octanol–water partition coefficient (Wildman–Crippen LogP) is 3.27. The Morgan fingerprint density at radius 2 is 1.95 bits per heavy atom. The third-order valence-electron chi connectivity index (χ3n) is 2.97. The largest absolute Gasteiger partial charge is 0.437 e. The minimum atomic E-state index is -0.432. The molecule has 1 heterocycles. The van der Waals surface area contributed by atoms with Gasteiger partial charge in [0.05, 0.1) is 15.8 Å². The summed E-state index contributed by atoms with van der Waals surface area (Å²) < 4.78 is 7.33. The number of nitro benzene ring substituents is 1. The van der Waals surface area contributed by atoms with E-state index in [1.807, 2.05) is 18.2 Å². The van der Waals surface area contributed by atoms with E-state index in [1.165, 1.54) is 12.1 Å². The molecule has 1 aromatic heterocycles. The Morgan fingerprint density at radius 3 is 2.65 bits per heavy atom. The molecule has 0 saturated heterocycles. The van der Waals surface area contributed by atoms with E-state index in [9.17, 15) is 10.1 Å². The number of para-hydroxylation sites is 1. The Labute approximate surface area is 114 Å². The second kappa shape index (κ2) is 4.65. The van der Waals surface area contributed by atoms with Gasteiger partial charge in [0.25, 0.3) is 5.69 Å². The van der Waals surface area contributed by atoms with Crippen LogP contribution in [0.4, 0.5) is 5.69 Å². The maximum atomic E-state index is 10.9. The van der Waals surface area contributed by atoms with Gasteiger partial charge in [-0.25, -0.2) is 0 Å². The molecule has 3 aromatic rings. The Balaban J connectivity index is 2.10. The maximum Gasteiger partial charge on any atom is 0.270 e. The average molecular weight is 269 g/mol. The molecule has 3 rings (SSSR count). The van der Waals surface area contributed by atoms with Crippen molar-refractivity contribution in [1.29, 1.82) is 0 Å². The second-order valence-corrected chi connectivity index (χ2v) is 4.30. The van der Waals surface area contributed by atoms with Crippen molar-refractivity contribution in [2.75, 3.05) is 0 Å². The molecule has 0 aliphatic rings. The van der Waals surface area contributed by atoms with Crippen LogP contribution in [0.1, 0.15) is 0 Å². The molecule has 2 aromatic carbocycles. The van der Waals surface area contributed by atoms with Gasteiger partial charge in [-0.2, -0.15) is 0 Å². The summed E-state index contributed by atoms with van der Waals surface area (Å²) in [6, 6.07) is 13.8. The first kappa shape index (κ1) is 12.2. The van der Waals surface area contributed by atoms with Gasteiger partial charge in [0.1, 0.15) is 5.75 Å². The molecule has 0 aliphatic heterocycles. The van der Waals surface area contributed by atoms with Gasteiger partial charge < -0.3 is 4.74 Å². The van der Waals surface area contributed by atoms with Gasteiger partial charge in [0.2, 0.25) is 5.88 Å². The molecule has 0 saturated carbocycles. The molecule has 100 valence electrons. The lowest BCUT2D eigenvalue weighted by molar-refractivity contribution is -0.384. The number of fused-ring (bicyclic) bond motifs is 1. The highest BCUT2D eigenvalue weighted by atomic mass is 16.6. The van der Waals surface area contributed by atoms with E-state index in [1.54, 1.807) is 29.9 Å². The summed E-state index contributed by atoms with van der Waals surface area (Å²) in [7, 11) is 1.77. The fourth-order valence-corrected chi connectivity index (χ4v) is 2.01. The van der Waals surface area contributed by atoms with Crippen molar-refractivity contribution in [3.05, 3.63) is 58.6 Å². The van der Waals surface area contributed by atoms with E-state index in [0.717, 1.165) is 5.52 Å². The van der Waals surface area contributed by atoms with E-state index >= 15 is 0 Å². The van der Waals surface area contributed by atoms with Crippen LogP contribution in [0.3, 0.4) is 0 Å². The second-order valence-electron chi connectivity index (χ2n) is 4.30. The van der Waals surface area contributed by atoms with Gasteiger partial charge >= 0.3 is 0 Å². The summed E-state index contributed by atoms with van der Waals surface area (Å²) in [5.41, 5.74) is 0.796. The summed E-state index contributed by atoms with van der Waals surface area (Å²) >= 11 is 0. The first-order valence-corrected chi connectivity index (χ1v) is 5.99. The van der Waals surface area contributed by atoms with E-state index < -0.39 is 4.92 Å². The Morgan fingerprint density at radius 1 is 1.20 bits per heavy atom. The number of non-ortho nitro benzene ring substituents is 1. The van der Waals surface area contributed by atoms with E-state index in [0.29, 0.717) is 17.0 Å². The molecule has 0 amide bonds. The van der Waals surface area contributed by atoms with Crippen LogP contribution in [-0.2, 0) is 7.05 Å². The minimum absolute atomic E-state index is 0.0170. The maximum absolute atomic E-state index is 10.9. The normalized spacial score (nSPS) is 10.7. The van der Waals surface area contributed by atoms with Gasteiger partial charge in [0, 0.05) is 19.2 Å². The van der Waals surface area contributed by atoms with Crippen molar-refractivity contribution in [2.24, 2.45) is 7.05 Å². The number of hydrogen-bond acceptors (Lipinski definition) is 4. The van der Waals surface area contributed by atoms with Crippen LogP contribution in [0.15, 0.2) is 48.5 Å². The molecule has 0 unspecified atom stereocenters. The fourth-order valence-electron chi connectivity index (χ4n) is 2.01. The molecule has 20 heavy (non-hydrogen) atoms. The lowest BCUT2D eigenvalue weighted by Crippen LogP contribution is -1.90. The Kier molecular flexibility index (Phi) is 2.83. The topological polar surface area (TPSA) is 70.2 Å². The SMILES string of the molecule is Cn1nc(Oc2ccccc2)c2cc([N+](=O)[O-])ccc21. The van der Waals surface area contributed by atoms with E-state index in [4.69, 9.17) is 4.74 Å². The summed E-state index contributed by atoms with van der Waals surface area (Å²) in [6.07, 6.45) is 0. The smallest absolute Gasteiger partial charge is 0.270 e. The fraction of sp³-hybridized carbons (Fsp3) is 0.0714. The van der Waals surface area contributed by atoms with Gasteiger partial charge in [-0.1, -0.05) is 18.2 Å². The summed E-state index contributed by atoms with van der Waals surface area (Å²) in [5, 5.41) is 15.7. The Bertz CT molecular complexity index is 781. The standard InChI is InChI=1S/C14H11N3O3/c1-16-13-8-7-10(17(18)19)9-12(13)14(15-16)20-11-5-3-2-4-6-11/h2-9H,1H3. The number of aromatic nitrogens is 2. The first-order chi connectivity index (χ1) is 9.65. The third kappa shape index (κ3) is 2.07. The number of nitro groups is 1. The zero-order valence-corrected chi connectivity index (χ0v) is 10.7. The summed E-state index contributed by atoms with van der Waals surface area (Å²) in [5.74, 6) is 0.997. The number of aryl methyl sites for hydroxylation is 1. The van der Waals surface area contributed by atoms with Crippen molar-refractivity contribution in [3.63, 3.8) is 0 Å².